The molecule has 0 atom stereocenters. The molecule has 0 unspecified atom stereocenters. The molecule has 0 aliphatic heterocycles. The van der Waals surface area contributed by atoms with E-state index in [9.17, 15) is 9.18 Å². The van der Waals surface area contributed by atoms with Crippen molar-refractivity contribution >= 4 is 33.6 Å². The van der Waals surface area contributed by atoms with E-state index in [-0.39, 0.29) is 17.5 Å². The first-order valence-corrected chi connectivity index (χ1v) is 9.72. The van der Waals surface area contributed by atoms with Crippen molar-refractivity contribution in [2.24, 2.45) is 0 Å². The van der Waals surface area contributed by atoms with Crippen molar-refractivity contribution in [1.82, 2.24) is 14.9 Å². The van der Waals surface area contributed by atoms with Gasteiger partial charge in [0, 0.05) is 18.1 Å². The number of aromatic nitrogens is 2. The number of H-pyrrole nitrogens is 1. The maximum absolute atomic E-state index is 13.0. The third kappa shape index (κ3) is 4.74. The average Bonchev–Trinajstić information content (AvgIpc) is 3.11. The molecule has 1 amide bonds. The van der Waals surface area contributed by atoms with Crippen LogP contribution in [0.5, 0.6) is 0 Å². The van der Waals surface area contributed by atoms with Gasteiger partial charge in [-0.1, -0.05) is 45.9 Å². The van der Waals surface area contributed by atoms with Crippen molar-refractivity contribution in [3.8, 4) is 11.3 Å². The Morgan fingerprint density at radius 1 is 1.23 bits per heavy atom. The second-order valence-corrected chi connectivity index (χ2v) is 7.56. The molecular formula is C19H17BrFN3OS. The molecule has 3 rings (SSSR count). The Bertz CT molecular complexity index is 898. The number of aromatic amines is 1. The van der Waals surface area contributed by atoms with Crippen LogP contribution in [0.25, 0.3) is 11.3 Å². The Hall–Kier alpha value is -2.12. The maximum Gasteiger partial charge on any atom is 0.233 e. The number of nitrogens with zero attached hydrogens (tertiary/aromatic N) is 2. The lowest BCUT2D eigenvalue weighted by Crippen LogP contribution is -2.27. The van der Waals surface area contributed by atoms with E-state index < -0.39 is 0 Å². The Morgan fingerprint density at radius 2 is 1.96 bits per heavy atom. The Balaban J connectivity index is 1.56. The van der Waals surface area contributed by atoms with Crippen LogP contribution >= 0.6 is 27.7 Å². The predicted molar refractivity (Wildman–Crippen MR) is 105 cm³/mol. The monoisotopic (exact) mass is 433 g/mol. The van der Waals surface area contributed by atoms with Crippen molar-refractivity contribution < 1.29 is 9.18 Å². The van der Waals surface area contributed by atoms with Gasteiger partial charge in [-0.3, -0.25) is 4.79 Å². The molecule has 0 aliphatic carbocycles. The normalized spacial score (nSPS) is 10.7. The summed E-state index contributed by atoms with van der Waals surface area (Å²) in [7, 11) is 1.79. The predicted octanol–water partition coefficient (Wildman–Crippen LogP) is 4.73. The third-order valence-electron chi connectivity index (χ3n) is 3.83. The fourth-order valence-electron chi connectivity index (χ4n) is 2.36. The summed E-state index contributed by atoms with van der Waals surface area (Å²) in [6.07, 6.45) is 1.69. The molecule has 0 radical (unpaired) electrons. The van der Waals surface area contributed by atoms with E-state index in [1.54, 1.807) is 30.3 Å². The number of nitrogens with one attached hydrogen (secondary N) is 1. The van der Waals surface area contributed by atoms with Crippen LogP contribution in [-0.2, 0) is 11.3 Å². The Kier molecular flexibility index (Phi) is 6.11. The van der Waals surface area contributed by atoms with E-state index in [4.69, 9.17) is 0 Å². The average molecular weight is 434 g/mol. The molecule has 0 saturated carbocycles. The first kappa shape index (κ1) is 18.7. The number of hydrogen-bond acceptors (Lipinski definition) is 3. The van der Waals surface area contributed by atoms with Crippen LogP contribution in [0, 0.1) is 5.82 Å². The fraction of sp³-hybridized carbons (Fsp3) is 0.158. The van der Waals surface area contributed by atoms with Gasteiger partial charge < -0.3 is 9.88 Å². The molecule has 0 bridgehead atoms. The number of hydrogen-bond donors (Lipinski definition) is 1. The summed E-state index contributed by atoms with van der Waals surface area (Å²) in [4.78, 5) is 21.5. The molecular weight excluding hydrogens is 417 g/mol. The minimum absolute atomic E-state index is 0.0190. The highest BCUT2D eigenvalue weighted by molar-refractivity contribution is 9.10. The van der Waals surface area contributed by atoms with Gasteiger partial charge in [-0.25, -0.2) is 9.37 Å². The maximum atomic E-state index is 13.0. The van der Waals surface area contributed by atoms with Gasteiger partial charge in [0.05, 0.1) is 17.6 Å². The summed E-state index contributed by atoms with van der Waals surface area (Å²) in [5.74, 6) is 0.0316. The zero-order valence-electron chi connectivity index (χ0n) is 14.1. The molecule has 0 aliphatic rings. The lowest BCUT2D eigenvalue weighted by Gasteiger charge is -2.17. The standard InChI is InChI=1S/C19H17BrFN3OS/c1-24(11-14-4-2-3-5-16(14)20)18(25)12-26-19-22-10-17(23-19)13-6-8-15(21)9-7-13/h2-10H,11-12H2,1H3,(H,22,23). The quantitative estimate of drug-likeness (QED) is 0.571. The Morgan fingerprint density at radius 3 is 2.69 bits per heavy atom. The zero-order chi connectivity index (χ0) is 18.5. The van der Waals surface area contributed by atoms with E-state index in [2.05, 4.69) is 25.9 Å². The molecule has 134 valence electrons. The van der Waals surface area contributed by atoms with Gasteiger partial charge in [0.15, 0.2) is 5.16 Å². The van der Waals surface area contributed by atoms with Gasteiger partial charge >= 0.3 is 0 Å². The highest BCUT2D eigenvalue weighted by atomic mass is 79.9. The second kappa shape index (κ2) is 8.51. The summed E-state index contributed by atoms with van der Waals surface area (Å²) in [5.41, 5.74) is 2.70. The van der Waals surface area contributed by atoms with Crippen LogP contribution < -0.4 is 0 Å². The van der Waals surface area contributed by atoms with E-state index in [1.165, 1.54) is 23.9 Å². The van der Waals surface area contributed by atoms with E-state index in [0.29, 0.717) is 11.7 Å². The summed E-state index contributed by atoms with van der Waals surface area (Å²) >= 11 is 4.84. The third-order valence-corrected chi connectivity index (χ3v) is 5.48. The summed E-state index contributed by atoms with van der Waals surface area (Å²) in [5, 5.41) is 0.659. The highest BCUT2D eigenvalue weighted by Crippen LogP contribution is 2.22. The van der Waals surface area contributed by atoms with Crippen molar-refractivity contribution in [3.63, 3.8) is 0 Å². The molecule has 3 aromatic rings. The minimum Gasteiger partial charge on any atom is -0.341 e. The molecule has 7 heteroatoms. The number of imidazole rings is 1. The van der Waals surface area contributed by atoms with Crippen molar-refractivity contribution in [3.05, 3.63) is 70.6 Å². The number of carbonyl (C=O) groups is 1. The van der Waals surface area contributed by atoms with Gasteiger partial charge in [0.25, 0.3) is 0 Å². The molecule has 26 heavy (non-hydrogen) atoms. The van der Waals surface area contributed by atoms with Crippen LogP contribution in [-0.4, -0.2) is 33.6 Å². The van der Waals surface area contributed by atoms with Gasteiger partial charge in [-0.05, 0) is 41.5 Å². The summed E-state index contributed by atoms with van der Waals surface area (Å²) < 4.78 is 14.0. The first-order valence-electron chi connectivity index (χ1n) is 7.94. The van der Waals surface area contributed by atoms with Crippen molar-refractivity contribution in [1.29, 1.82) is 0 Å². The molecule has 2 aromatic carbocycles. The molecule has 4 nitrogen and oxygen atoms in total. The number of carbonyl (C=O) groups excluding carboxylic acids is 1. The molecule has 0 saturated heterocycles. The Labute approximate surface area is 164 Å². The van der Waals surface area contributed by atoms with Gasteiger partial charge in [0.1, 0.15) is 5.82 Å². The van der Waals surface area contributed by atoms with Crippen LogP contribution in [0.4, 0.5) is 4.39 Å². The minimum atomic E-state index is -0.276. The van der Waals surface area contributed by atoms with Crippen LogP contribution in [0.3, 0.4) is 0 Å². The lowest BCUT2D eigenvalue weighted by molar-refractivity contribution is -0.127. The highest BCUT2D eigenvalue weighted by Gasteiger charge is 2.13. The zero-order valence-corrected chi connectivity index (χ0v) is 16.5. The number of amides is 1. The van der Waals surface area contributed by atoms with E-state index in [0.717, 1.165) is 21.3 Å². The van der Waals surface area contributed by atoms with Gasteiger partial charge in [0.2, 0.25) is 5.91 Å². The molecule has 0 fully saturated rings. The summed E-state index contributed by atoms with van der Waals surface area (Å²) in [6, 6.07) is 14.0. The van der Waals surface area contributed by atoms with Crippen LogP contribution in [0.2, 0.25) is 0 Å². The van der Waals surface area contributed by atoms with Crippen molar-refractivity contribution in [2.45, 2.75) is 11.7 Å². The number of thioether (sulfide) groups is 1. The lowest BCUT2D eigenvalue weighted by atomic mass is 10.2. The number of rotatable bonds is 6. The topological polar surface area (TPSA) is 49.0 Å². The van der Waals surface area contributed by atoms with E-state index in [1.807, 2.05) is 24.3 Å². The molecule has 1 heterocycles. The SMILES string of the molecule is CN(Cc1ccccc1Br)C(=O)CSc1ncc(-c2ccc(F)cc2)[nH]1. The van der Waals surface area contributed by atoms with E-state index >= 15 is 0 Å². The molecule has 0 spiro atoms. The molecule has 1 N–H and O–H groups in total. The van der Waals surface area contributed by atoms with Crippen molar-refractivity contribution in [2.75, 3.05) is 12.8 Å². The largest absolute Gasteiger partial charge is 0.341 e. The van der Waals surface area contributed by atoms with Crippen LogP contribution in [0.1, 0.15) is 5.56 Å². The summed E-state index contributed by atoms with van der Waals surface area (Å²) in [6.45, 7) is 0.541. The number of halogens is 2. The second-order valence-electron chi connectivity index (χ2n) is 5.74. The van der Waals surface area contributed by atoms with Gasteiger partial charge in [-0.15, -0.1) is 0 Å². The number of benzene rings is 2. The van der Waals surface area contributed by atoms with Crippen LogP contribution in [0.15, 0.2) is 64.4 Å². The van der Waals surface area contributed by atoms with Gasteiger partial charge in [-0.2, -0.15) is 0 Å². The molecule has 1 aromatic heterocycles. The fourth-order valence-corrected chi connectivity index (χ4v) is 3.56. The first-order chi connectivity index (χ1) is 12.5. The smallest absolute Gasteiger partial charge is 0.233 e.